The van der Waals surface area contributed by atoms with Crippen molar-refractivity contribution in [2.45, 2.75) is 45.2 Å². The van der Waals surface area contributed by atoms with Gasteiger partial charge in [0.25, 0.3) is 11.8 Å². The monoisotopic (exact) mass is 502 g/mol. The molecule has 0 saturated carbocycles. The molecule has 0 aromatic carbocycles. The largest absolute Gasteiger partial charge is 0.382 e. The van der Waals surface area contributed by atoms with Gasteiger partial charge in [-0.1, -0.05) is 0 Å². The van der Waals surface area contributed by atoms with Crippen LogP contribution in [-0.4, -0.2) is 67.7 Å². The molecular weight excluding hydrogens is 468 g/mol. The number of carbonyl (C=O) groups is 2. The van der Waals surface area contributed by atoms with E-state index in [0.29, 0.717) is 29.0 Å². The molecule has 3 aromatic rings. The third-order valence-corrected chi connectivity index (χ3v) is 7.27. The van der Waals surface area contributed by atoms with Crippen LogP contribution in [0.15, 0.2) is 54.3 Å². The van der Waals surface area contributed by atoms with Crippen LogP contribution in [-0.2, 0) is 11.8 Å². The molecule has 5 rings (SSSR count). The molecule has 194 valence electrons. The van der Waals surface area contributed by atoms with Gasteiger partial charge in [0, 0.05) is 60.9 Å². The fraction of sp³-hybridized carbons (Fsp3) is 0.407. The first-order valence-corrected chi connectivity index (χ1v) is 12.7. The number of nitrogens with zero attached hydrogens (tertiary/aromatic N) is 4. The Morgan fingerprint density at radius 1 is 1.22 bits per heavy atom. The zero-order valence-corrected chi connectivity index (χ0v) is 21.8. The van der Waals surface area contributed by atoms with Crippen LogP contribution in [0.2, 0.25) is 0 Å². The fourth-order valence-electron chi connectivity index (χ4n) is 4.96. The standard InChI is InChI=1S/C27H34N8O2/c1-17-22(12-20(13-29-17)25(36)28-7-9-35-8-5-6-27(35,2)3)33-26(37)19-10-18-11-23(32-24(18)30-14-19)21-15-31-34(4)16-21/h10-17,29H,5-9H2,1-4H3,(H,28,36)(H,30,32)(H,33,37). The molecule has 2 aliphatic heterocycles. The van der Waals surface area contributed by atoms with Gasteiger partial charge in [0.15, 0.2) is 0 Å². The highest BCUT2D eigenvalue weighted by Gasteiger charge is 2.31. The highest BCUT2D eigenvalue weighted by Crippen LogP contribution is 2.27. The van der Waals surface area contributed by atoms with E-state index in [2.05, 4.69) is 49.8 Å². The Kier molecular flexibility index (Phi) is 6.59. The van der Waals surface area contributed by atoms with E-state index in [1.54, 1.807) is 35.4 Å². The zero-order chi connectivity index (χ0) is 26.2. The van der Waals surface area contributed by atoms with E-state index in [9.17, 15) is 9.59 Å². The number of pyridine rings is 1. The van der Waals surface area contributed by atoms with E-state index >= 15 is 0 Å². The van der Waals surface area contributed by atoms with Crippen molar-refractivity contribution in [3.8, 4) is 11.3 Å². The summed E-state index contributed by atoms with van der Waals surface area (Å²) in [7, 11) is 1.86. The minimum atomic E-state index is -0.281. The van der Waals surface area contributed by atoms with Crippen LogP contribution in [0.3, 0.4) is 0 Å². The Bertz CT molecular complexity index is 1400. The molecule has 1 saturated heterocycles. The Balaban J connectivity index is 1.23. The molecular formula is C27H34N8O2. The van der Waals surface area contributed by atoms with Gasteiger partial charge in [-0.2, -0.15) is 5.10 Å². The molecule has 3 aromatic heterocycles. The fourth-order valence-corrected chi connectivity index (χ4v) is 4.96. The van der Waals surface area contributed by atoms with E-state index in [1.165, 1.54) is 12.8 Å². The second-order valence-corrected chi connectivity index (χ2v) is 10.4. The molecule has 1 unspecified atom stereocenters. The number of likely N-dealkylation sites (tertiary alicyclic amines) is 1. The number of rotatable bonds is 7. The topological polar surface area (TPSA) is 120 Å². The third kappa shape index (κ3) is 5.29. The highest BCUT2D eigenvalue weighted by molar-refractivity contribution is 6.00. The van der Waals surface area contributed by atoms with Gasteiger partial charge in [0.05, 0.1) is 29.1 Å². The van der Waals surface area contributed by atoms with Crippen LogP contribution in [0, 0.1) is 0 Å². The summed E-state index contributed by atoms with van der Waals surface area (Å²) in [5.74, 6) is -0.446. The molecule has 0 bridgehead atoms. The SMILES string of the molecule is CC1NC=C(C(=O)NCCN2CCCC2(C)C)C=C1NC(=O)c1cnc2[nH]c(-c3cnn(C)c3)cc2c1. The van der Waals surface area contributed by atoms with Crippen LogP contribution in [0.5, 0.6) is 0 Å². The lowest BCUT2D eigenvalue weighted by Crippen LogP contribution is -2.43. The number of aromatic amines is 1. The van der Waals surface area contributed by atoms with Crippen molar-refractivity contribution < 1.29 is 9.59 Å². The van der Waals surface area contributed by atoms with Gasteiger partial charge in [0.1, 0.15) is 5.65 Å². The van der Waals surface area contributed by atoms with Gasteiger partial charge in [-0.3, -0.25) is 19.2 Å². The van der Waals surface area contributed by atoms with Crippen molar-refractivity contribution in [3.05, 3.63) is 59.8 Å². The quantitative estimate of drug-likeness (QED) is 0.394. The molecule has 4 N–H and O–H groups in total. The first-order chi connectivity index (χ1) is 17.7. The van der Waals surface area contributed by atoms with Gasteiger partial charge in [-0.15, -0.1) is 0 Å². The van der Waals surface area contributed by atoms with E-state index in [-0.39, 0.29) is 23.4 Å². The average Bonchev–Trinajstić information content (AvgIpc) is 3.57. The van der Waals surface area contributed by atoms with E-state index in [0.717, 1.165) is 29.7 Å². The number of aryl methyl sites for hydroxylation is 1. The number of amides is 2. The summed E-state index contributed by atoms with van der Waals surface area (Å²) in [5.41, 5.74) is 4.25. The number of nitrogens with one attached hydrogen (secondary N) is 4. The molecule has 10 heteroatoms. The molecule has 1 atom stereocenters. The Morgan fingerprint density at radius 3 is 2.78 bits per heavy atom. The van der Waals surface area contributed by atoms with Crippen LogP contribution < -0.4 is 16.0 Å². The van der Waals surface area contributed by atoms with Crippen molar-refractivity contribution in [2.75, 3.05) is 19.6 Å². The van der Waals surface area contributed by atoms with E-state index in [4.69, 9.17) is 0 Å². The van der Waals surface area contributed by atoms with Crippen molar-refractivity contribution in [3.63, 3.8) is 0 Å². The van der Waals surface area contributed by atoms with Crippen molar-refractivity contribution in [1.82, 2.24) is 40.6 Å². The maximum atomic E-state index is 13.1. The number of aromatic nitrogens is 4. The Hall–Kier alpha value is -3.92. The predicted molar refractivity (Wildman–Crippen MR) is 142 cm³/mol. The van der Waals surface area contributed by atoms with Crippen molar-refractivity contribution in [1.29, 1.82) is 0 Å². The molecule has 5 heterocycles. The summed E-state index contributed by atoms with van der Waals surface area (Å²) in [4.78, 5) is 36.0. The lowest BCUT2D eigenvalue weighted by Gasteiger charge is -2.31. The Morgan fingerprint density at radius 2 is 2.05 bits per heavy atom. The molecule has 10 nitrogen and oxygen atoms in total. The summed E-state index contributed by atoms with van der Waals surface area (Å²) in [5, 5.41) is 14.2. The molecule has 0 aliphatic carbocycles. The number of fused-ring (bicyclic) bond motifs is 1. The smallest absolute Gasteiger partial charge is 0.257 e. The predicted octanol–water partition coefficient (Wildman–Crippen LogP) is 2.44. The van der Waals surface area contributed by atoms with Crippen LogP contribution in [0.1, 0.15) is 44.0 Å². The van der Waals surface area contributed by atoms with Gasteiger partial charge in [0.2, 0.25) is 0 Å². The minimum Gasteiger partial charge on any atom is -0.382 e. The first kappa shape index (κ1) is 24.8. The van der Waals surface area contributed by atoms with Crippen LogP contribution >= 0.6 is 0 Å². The summed E-state index contributed by atoms with van der Waals surface area (Å²) in [6.07, 6.45) is 11.0. The highest BCUT2D eigenvalue weighted by atomic mass is 16.2. The van der Waals surface area contributed by atoms with E-state index in [1.807, 2.05) is 26.2 Å². The second-order valence-electron chi connectivity index (χ2n) is 10.4. The molecule has 37 heavy (non-hydrogen) atoms. The van der Waals surface area contributed by atoms with Crippen LogP contribution in [0.25, 0.3) is 22.3 Å². The Labute approximate surface area is 216 Å². The normalized spacial score (nSPS) is 19.3. The lowest BCUT2D eigenvalue weighted by molar-refractivity contribution is -0.117. The zero-order valence-electron chi connectivity index (χ0n) is 21.8. The minimum absolute atomic E-state index is 0.146. The maximum Gasteiger partial charge on any atom is 0.257 e. The van der Waals surface area contributed by atoms with Crippen LogP contribution in [0.4, 0.5) is 0 Å². The van der Waals surface area contributed by atoms with E-state index < -0.39 is 0 Å². The average molecular weight is 503 g/mol. The molecule has 1 fully saturated rings. The molecule has 2 amide bonds. The summed E-state index contributed by atoms with van der Waals surface area (Å²) < 4.78 is 1.73. The number of dihydropyridines is 1. The van der Waals surface area contributed by atoms with Crippen molar-refractivity contribution in [2.24, 2.45) is 7.05 Å². The molecule has 0 radical (unpaired) electrons. The number of carbonyl (C=O) groups excluding carboxylic acids is 2. The molecule has 2 aliphatic rings. The van der Waals surface area contributed by atoms with Gasteiger partial charge in [-0.25, -0.2) is 4.98 Å². The summed E-state index contributed by atoms with van der Waals surface area (Å²) >= 11 is 0. The summed E-state index contributed by atoms with van der Waals surface area (Å²) in [6, 6.07) is 3.61. The third-order valence-electron chi connectivity index (χ3n) is 7.27. The summed E-state index contributed by atoms with van der Waals surface area (Å²) in [6.45, 7) is 8.89. The first-order valence-electron chi connectivity index (χ1n) is 12.7. The number of hydrogen-bond donors (Lipinski definition) is 4. The van der Waals surface area contributed by atoms with Gasteiger partial charge in [-0.05, 0) is 58.4 Å². The van der Waals surface area contributed by atoms with Gasteiger partial charge < -0.3 is 20.9 Å². The number of hydrogen-bond acceptors (Lipinski definition) is 6. The van der Waals surface area contributed by atoms with Crippen molar-refractivity contribution >= 4 is 22.8 Å². The lowest BCUT2D eigenvalue weighted by atomic mass is 10.0. The second kappa shape index (κ2) is 9.85. The molecule has 0 spiro atoms. The van der Waals surface area contributed by atoms with Gasteiger partial charge >= 0.3 is 0 Å². The maximum absolute atomic E-state index is 13.1. The number of H-pyrrole nitrogens is 1.